The van der Waals surface area contributed by atoms with E-state index in [0.29, 0.717) is 5.92 Å². The molecule has 0 aliphatic carbocycles. The van der Waals surface area contributed by atoms with Crippen LogP contribution < -0.4 is 4.90 Å². The standard InChI is InChI=1S/C22H19N7S2/c1-2-20(27-29-19(1)25-26-21(29)17-7-12-30-13-17)28-10-5-16(6-11-28)22-24-18(14-31-22)15-3-8-23-9-4-15/h1-4,7-9,12-14,16H,5-6,10-11H2. The fourth-order valence-electron chi connectivity index (χ4n) is 4.01. The minimum atomic E-state index is 0.497. The second kappa shape index (κ2) is 7.82. The first-order valence-electron chi connectivity index (χ1n) is 10.2. The number of piperidine rings is 1. The highest BCUT2D eigenvalue weighted by Crippen LogP contribution is 2.34. The maximum atomic E-state index is 4.91. The number of aromatic nitrogens is 6. The molecule has 0 aromatic carbocycles. The van der Waals surface area contributed by atoms with Crippen molar-refractivity contribution in [2.45, 2.75) is 18.8 Å². The highest BCUT2D eigenvalue weighted by atomic mass is 32.1. The molecule has 0 unspecified atom stereocenters. The van der Waals surface area contributed by atoms with Crippen LogP contribution in [0.1, 0.15) is 23.8 Å². The summed E-state index contributed by atoms with van der Waals surface area (Å²) in [6, 6.07) is 10.1. The lowest BCUT2D eigenvalue weighted by Crippen LogP contribution is -2.33. The number of fused-ring (bicyclic) bond motifs is 1. The largest absolute Gasteiger partial charge is 0.355 e. The molecular weight excluding hydrogens is 426 g/mol. The molecule has 1 fully saturated rings. The smallest absolute Gasteiger partial charge is 0.186 e. The van der Waals surface area contributed by atoms with Gasteiger partial charge in [0.25, 0.3) is 0 Å². The number of pyridine rings is 1. The molecule has 0 saturated carbocycles. The third-order valence-corrected chi connectivity index (χ3v) is 7.38. The molecule has 1 aliphatic heterocycles. The molecule has 0 bridgehead atoms. The van der Waals surface area contributed by atoms with Crippen LogP contribution in [0.4, 0.5) is 5.82 Å². The van der Waals surface area contributed by atoms with Gasteiger partial charge in [0.2, 0.25) is 0 Å². The van der Waals surface area contributed by atoms with E-state index >= 15 is 0 Å². The SMILES string of the molecule is c1cc(-c2csc(C3CCN(c4ccc5nnc(-c6ccsc6)n5n4)CC3)n2)ccn1. The summed E-state index contributed by atoms with van der Waals surface area (Å²) in [6.07, 6.45) is 5.78. The van der Waals surface area contributed by atoms with Crippen LogP contribution in [0.2, 0.25) is 0 Å². The Labute approximate surface area is 187 Å². The van der Waals surface area contributed by atoms with Gasteiger partial charge in [-0.05, 0) is 48.6 Å². The predicted molar refractivity (Wildman–Crippen MR) is 124 cm³/mol. The Kier molecular flexibility index (Phi) is 4.69. The zero-order valence-electron chi connectivity index (χ0n) is 16.6. The van der Waals surface area contributed by atoms with Gasteiger partial charge in [-0.2, -0.15) is 15.9 Å². The Morgan fingerprint density at radius 1 is 0.903 bits per heavy atom. The van der Waals surface area contributed by atoms with E-state index in [9.17, 15) is 0 Å². The molecule has 0 N–H and O–H groups in total. The van der Waals surface area contributed by atoms with Crippen molar-refractivity contribution in [2.24, 2.45) is 0 Å². The molecule has 5 aromatic heterocycles. The predicted octanol–water partition coefficient (Wildman–Crippen LogP) is 4.76. The second-order valence-corrected chi connectivity index (χ2v) is 9.24. The number of thiophene rings is 1. The lowest BCUT2D eigenvalue weighted by atomic mass is 9.97. The molecule has 9 heteroatoms. The van der Waals surface area contributed by atoms with Gasteiger partial charge in [-0.25, -0.2) is 4.98 Å². The first-order chi connectivity index (χ1) is 15.3. The van der Waals surface area contributed by atoms with E-state index in [1.807, 2.05) is 46.6 Å². The summed E-state index contributed by atoms with van der Waals surface area (Å²) < 4.78 is 1.85. The van der Waals surface area contributed by atoms with Crippen molar-refractivity contribution in [3.8, 4) is 22.6 Å². The fourth-order valence-corrected chi connectivity index (χ4v) is 5.64. The van der Waals surface area contributed by atoms with Crippen molar-refractivity contribution in [2.75, 3.05) is 18.0 Å². The van der Waals surface area contributed by atoms with E-state index in [-0.39, 0.29) is 0 Å². The minimum absolute atomic E-state index is 0.497. The van der Waals surface area contributed by atoms with Gasteiger partial charge in [0, 0.05) is 53.3 Å². The number of hydrogen-bond donors (Lipinski definition) is 0. The second-order valence-electron chi connectivity index (χ2n) is 7.57. The molecule has 6 rings (SSSR count). The topological polar surface area (TPSA) is 72.1 Å². The Morgan fingerprint density at radius 2 is 1.77 bits per heavy atom. The van der Waals surface area contributed by atoms with E-state index in [1.54, 1.807) is 22.7 Å². The maximum Gasteiger partial charge on any atom is 0.186 e. The number of hydrogen-bond acceptors (Lipinski definition) is 8. The van der Waals surface area contributed by atoms with Crippen LogP contribution in [0.3, 0.4) is 0 Å². The van der Waals surface area contributed by atoms with Gasteiger partial charge >= 0.3 is 0 Å². The first kappa shape index (κ1) is 18.6. The number of nitrogens with zero attached hydrogens (tertiary/aromatic N) is 7. The Balaban J connectivity index is 1.19. The van der Waals surface area contributed by atoms with Crippen LogP contribution in [0.25, 0.3) is 28.3 Å². The molecule has 0 radical (unpaired) electrons. The summed E-state index contributed by atoms with van der Waals surface area (Å²) in [7, 11) is 0. The van der Waals surface area contributed by atoms with Gasteiger partial charge < -0.3 is 4.90 Å². The third-order valence-electron chi connectivity index (χ3n) is 5.69. The molecule has 31 heavy (non-hydrogen) atoms. The molecule has 7 nitrogen and oxygen atoms in total. The van der Waals surface area contributed by atoms with E-state index in [1.165, 1.54) is 5.01 Å². The van der Waals surface area contributed by atoms with Crippen molar-refractivity contribution in [3.05, 3.63) is 63.9 Å². The number of thiazole rings is 1. The van der Waals surface area contributed by atoms with Crippen molar-refractivity contribution in [3.63, 3.8) is 0 Å². The van der Waals surface area contributed by atoms with Crippen molar-refractivity contribution < 1.29 is 0 Å². The van der Waals surface area contributed by atoms with E-state index in [0.717, 1.165) is 60.0 Å². The van der Waals surface area contributed by atoms with Gasteiger partial charge in [-0.15, -0.1) is 26.6 Å². The van der Waals surface area contributed by atoms with Crippen molar-refractivity contribution >= 4 is 34.1 Å². The van der Waals surface area contributed by atoms with Crippen LogP contribution in [0.15, 0.2) is 58.9 Å². The first-order valence-corrected chi connectivity index (χ1v) is 12.0. The molecule has 1 saturated heterocycles. The average molecular weight is 446 g/mol. The van der Waals surface area contributed by atoms with E-state index in [4.69, 9.17) is 10.1 Å². The molecule has 0 amide bonds. The number of anilines is 1. The van der Waals surface area contributed by atoms with Crippen LogP contribution in [-0.2, 0) is 0 Å². The van der Waals surface area contributed by atoms with Gasteiger partial charge in [0.15, 0.2) is 11.5 Å². The molecular formula is C22H19N7S2. The van der Waals surface area contributed by atoms with Gasteiger partial charge in [0.1, 0.15) is 5.82 Å². The molecule has 0 atom stereocenters. The zero-order valence-corrected chi connectivity index (χ0v) is 18.3. The fraction of sp³-hybridized carbons (Fsp3) is 0.227. The number of rotatable bonds is 4. The normalized spacial score (nSPS) is 15.0. The summed E-state index contributed by atoms with van der Waals surface area (Å²) in [4.78, 5) is 11.4. The third kappa shape index (κ3) is 3.49. The molecule has 154 valence electrons. The van der Waals surface area contributed by atoms with Gasteiger partial charge in [-0.1, -0.05) is 0 Å². The van der Waals surface area contributed by atoms with Crippen LogP contribution in [0.5, 0.6) is 0 Å². The maximum absolute atomic E-state index is 4.91. The van der Waals surface area contributed by atoms with E-state index < -0.39 is 0 Å². The Hall–Kier alpha value is -3.17. The quantitative estimate of drug-likeness (QED) is 0.397. The van der Waals surface area contributed by atoms with Crippen molar-refractivity contribution in [1.82, 2.24) is 29.8 Å². The summed E-state index contributed by atoms with van der Waals surface area (Å²) in [5, 5.41) is 21.0. The van der Waals surface area contributed by atoms with Crippen LogP contribution >= 0.6 is 22.7 Å². The summed E-state index contributed by atoms with van der Waals surface area (Å²) in [6.45, 7) is 1.92. The van der Waals surface area contributed by atoms with Crippen LogP contribution in [0, 0.1) is 0 Å². The molecule has 5 aromatic rings. The summed E-state index contributed by atoms with van der Waals surface area (Å²) in [5.74, 6) is 2.26. The Morgan fingerprint density at radius 3 is 2.58 bits per heavy atom. The Bertz CT molecular complexity index is 1300. The minimum Gasteiger partial charge on any atom is -0.355 e. The molecule has 0 spiro atoms. The van der Waals surface area contributed by atoms with Crippen LogP contribution in [-0.4, -0.2) is 42.9 Å². The van der Waals surface area contributed by atoms with Crippen molar-refractivity contribution in [1.29, 1.82) is 0 Å². The monoisotopic (exact) mass is 445 g/mol. The lowest BCUT2D eigenvalue weighted by Gasteiger charge is -2.31. The molecule has 1 aliphatic rings. The van der Waals surface area contributed by atoms with Gasteiger partial charge in [0.05, 0.1) is 10.7 Å². The molecule has 6 heterocycles. The lowest BCUT2D eigenvalue weighted by molar-refractivity contribution is 0.499. The highest BCUT2D eigenvalue weighted by Gasteiger charge is 2.24. The zero-order chi connectivity index (χ0) is 20.6. The summed E-state index contributed by atoms with van der Waals surface area (Å²) >= 11 is 3.42. The van der Waals surface area contributed by atoms with Gasteiger partial charge in [-0.3, -0.25) is 4.98 Å². The summed E-state index contributed by atoms with van der Waals surface area (Å²) in [5.41, 5.74) is 3.99. The van der Waals surface area contributed by atoms with E-state index in [2.05, 4.69) is 36.9 Å². The average Bonchev–Trinajstić information content (AvgIpc) is 3.60. The highest BCUT2D eigenvalue weighted by molar-refractivity contribution is 7.10.